The fraction of sp³-hybridized carbons (Fsp3) is 0.130. The number of hydrazone groups is 1. The normalized spacial score (nSPS) is 10.9. The summed E-state index contributed by atoms with van der Waals surface area (Å²) in [6, 6.07) is 15.0. The van der Waals surface area contributed by atoms with Gasteiger partial charge >= 0.3 is 0 Å². The Kier molecular flexibility index (Phi) is 7.39. The van der Waals surface area contributed by atoms with Crippen molar-refractivity contribution in [3.8, 4) is 22.8 Å². The Morgan fingerprint density at radius 3 is 2.58 bits per heavy atom. The minimum atomic E-state index is -0.260. The summed E-state index contributed by atoms with van der Waals surface area (Å²) in [6.07, 6.45) is 8.30. The van der Waals surface area contributed by atoms with Gasteiger partial charge in [0.15, 0.2) is 11.0 Å². The number of amides is 1. The van der Waals surface area contributed by atoms with Crippen LogP contribution in [0.1, 0.15) is 12.5 Å². The molecule has 0 radical (unpaired) electrons. The molecule has 10 heteroatoms. The minimum absolute atomic E-state index is 0.118. The second-order valence-electron chi connectivity index (χ2n) is 6.68. The standard InChI is InChI=1S/C23H21N7O2S/c1-2-32-20-9-7-19(8-10-20)30-22(18-6-4-12-25-15-18)28-29-23(30)33-16-21(31)27-26-14-17-5-3-11-24-13-17/h3-15H,2,16H2,1H3,(H,27,31)/b26-14+. The molecule has 4 aromatic rings. The monoisotopic (exact) mass is 459 g/mol. The third-order valence-corrected chi connectivity index (χ3v) is 5.31. The first-order valence-electron chi connectivity index (χ1n) is 10.2. The van der Waals surface area contributed by atoms with Crippen molar-refractivity contribution in [3.05, 3.63) is 78.9 Å². The van der Waals surface area contributed by atoms with Gasteiger partial charge in [-0.05, 0) is 49.4 Å². The molecule has 1 aromatic carbocycles. The maximum absolute atomic E-state index is 12.3. The molecule has 0 spiro atoms. The number of nitrogens with zero attached hydrogens (tertiary/aromatic N) is 6. The van der Waals surface area contributed by atoms with E-state index in [4.69, 9.17) is 4.74 Å². The lowest BCUT2D eigenvalue weighted by Gasteiger charge is -2.11. The molecule has 3 aromatic heterocycles. The first kappa shape index (κ1) is 22.2. The molecule has 3 heterocycles. The molecule has 0 atom stereocenters. The van der Waals surface area contributed by atoms with Crippen molar-refractivity contribution in [1.29, 1.82) is 0 Å². The molecule has 0 unspecified atom stereocenters. The number of carbonyl (C=O) groups is 1. The Bertz CT molecular complexity index is 1210. The molecular formula is C23H21N7O2S. The van der Waals surface area contributed by atoms with E-state index in [1.165, 1.54) is 11.8 Å². The highest BCUT2D eigenvalue weighted by Crippen LogP contribution is 2.28. The van der Waals surface area contributed by atoms with E-state index >= 15 is 0 Å². The quantitative estimate of drug-likeness (QED) is 0.232. The lowest BCUT2D eigenvalue weighted by molar-refractivity contribution is -0.118. The van der Waals surface area contributed by atoms with Crippen LogP contribution >= 0.6 is 11.8 Å². The van der Waals surface area contributed by atoms with E-state index in [1.807, 2.05) is 54.0 Å². The summed E-state index contributed by atoms with van der Waals surface area (Å²) in [5, 5.41) is 13.2. The maximum atomic E-state index is 12.3. The molecule has 0 aliphatic carbocycles. The van der Waals surface area contributed by atoms with Crippen molar-refractivity contribution < 1.29 is 9.53 Å². The second-order valence-corrected chi connectivity index (χ2v) is 7.62. The predicted octanol–water partition coefficient (Wildman–Crippen LogP) is 3.37. The van der Waals surface area contributed by atoms with Gasteiger partial charge in [-0.1, -0.05) is 17.8 Å². The summed E-state index contributed by atoms with van der Waals surface area (Å²) >= 11 is 1.27. The summed E-state index contributed by atoms with van der Waals surface area (Å²) in [7, 11) is 0. The number of ether oxygens (including phenoxy) is 1. The highest BCUT2D eigenvalue weighted by Gasteiger charge is 2.17. The Labute approximate surface area is 195 Å². The van der Waals surface area contributed by atoms with Crippen LogP contribution in [0.25, 0.3) is 17.1 Å². The number of thioether (sulfide) groups is 1. The van der Waals surface area contributed by atoms with E-state index in [2.05, 4.69) is 30.7 Å². The number of carbonyl (C=O) groups excluding carboxylic acids is 1. The minimum Gasteiger partial charge on any atom is -0.494 e. The first-order valence-corrected chi connectivity index (χ1v) is 11.2. The largest absolute Gasteiger partial charge is 0.494 e. The molecule has 0 saturated heterocycles. The van der Waals surface area contributed by atoms with Crippen LogP contribution in [-0.4, -0.2) is 49.2 Å². The molecule has 1 amide bonds. The van der Waals surface area contributed by atoms with E-state index in [9.17, 15) is 4.79 Å². The zero-order valence-electron chi connectivity index (χ0n) is 17.8. The van der Waals surface area contributed by atoms with E-state index in [1.54, 1.807) is 37.1 Å². The number of nitrogens with one attached hydrogen (secondary N) is 1. The fourth-order valence-electron chi connectivity index (χ4n) is 2.93. The van der Waals surface area contributed by atoms with Crippen molar-refractivity contribution in [2.75, 3.05) is 12.4 Å². The number of pyridine rings is 2. The van der Waals surface area contributed by atoms with E-state index in [0.29, 0.717) is 17.6 Å². The first-order chi connectivity index (χ1) is 16.2. The summed E-state index contributed by atoms with van der Waals surface area (Å²) < 4.78 is 7.44. The molecule has 33 heavy (non-hydrogen) atoms. The number of hydrogen-bond acceptors (Lipinski definition) is 8. The van der Waals surface area contributed by atoms with Gasteiger partial charge in [-0.2, -0.15) is 5.10 Å². The predicted molar refractivity (Wildman–Crippen MR) is 126 cm³/mol. The number of hydrogen-bond donors (Lipinski definition) is 1. The fourth-order valence-corrected chi connectivity index (χ4v) is 3.67. The van der Waals surface area contributed by atoms with Crippen molar-refractivity contribution in [2.45, 2.75) is 12.1 Å². The smallest absolute Gasteiger partial charge is 0.250 e. The van der Waals surface area contributed by atoms with E-state index < -0.39 is 0 Å². The molecule has 1 N–H and O–H groups in total. The second kappa shape index (κ2) is 11.0. The SMILES string of the molecule is CCOc1ccc(-n2c(SCC(=O)N/N=C/c3cccnc3)nnc2-c2cccnc2)cc1. The molecule has 166 valence electrons. The zero-order valence-corrected chi connectivity index (χ0v) is 18.6. The highest BCUT2D eigenvalue weighted by molar-refractivity contribution is 7.99. The van der Waals surface area contributed by atoms with Crippen molar-refractivity contribution in [1.82, 2.24) is 30.2 Å². The number of benzene rings is 1. The van der Waals surface area contributed by atoms with Gasteiger partial charge in [0.05, 0.1) is 18.6 Å². The van der Waals surface area contributed by atoms with Crippen LogP contribution in [-0.2, 0) is 4.79 Å². The Balaban J connectivity index is 1.52. The molecule has 0 aliphatic heterocycles. The van der Waals surface area contributed by atoms with Gasteiger partial charge in [0, 0.05) is 41.6 Å². The topological polar surface area (TPSA) is 107 Å². The van der Waals surface area contributed by atoms with Gasteiger partial charge in [0.1, 0.15) is 5.75 Å². The van der Waals surface area contributed by atoms with Gasteiger partial charge in [-0.25, -0.2) is 5.43 Å². The molecule has 0 bridgehead atoms. The molecule has 0 saturated carbocycles. The lowest BCUT2D eigenvalue weighted by atomic mass is 10.2. The van der Waals surface area contributed by atoms with Crippen LogP contribution in [0.3, 0.4) is 0 Å². The number of rotatable bonds is 9. The molecule has 9 nitrogen and oxygen atoms in total. The van der Waals surface area contributed by atoms with Gasteiger partial charge in [-0.15, -0.1) is 10.2 Å². The van der Waals surface area contributed by atoms with Gasteiger partial charge in [-0.3, -0.25) is 19.3 Å². The van der Waals surface area contributed by atoms with Crippen molar-refractivity contribution in [3.63, 3.8) is 0 Å². The summed E-state index contributed by atoms with van der Waals surface area (Å²) in [5.74, 6) is 1.26. The van der Waals surface area contributed by atoms with E-state index in [-0.39, 0.29) is 11.7 Å². The van der Waals surface area contributed by atoms with Crippen molar-refractivity contribution >= 4 is 23.9 Å². The lowest BCUT2D eigenvalue weighted by Crippen LogP contribution is -2.20. The van der Waals surface area contributed by atoms with Gasteiger partial charge < -0.3 is 4.74 Å². The van der Waals surface area contributed by atoms with Gasteiger partial charge in [0.2, 0.25) is 0 Å². The average Bonchev–Trinajstić information content (AvgIpc) is 3.29. The Hall–Kier alpha value is -4.05. The Morgan fingerprint density at radius 2 is 1.88 bits per heavy atom. The van der Waals surface area contributed by atoms with Crippen molar-refractivity contribution in [2.24, 2.45) is 5.10 Å². The van der Waals surface area contributed by atoms with Crippen LogP contribution in [0.5, 0.6) is 5.75 Å². The highest BCUT2D eigenvalue weighted by atomic mass is 32.2. The third-order valence-electron chi connectivity index (χ3n) is 4.38. The molecule has 0 fully saturated rings. The molecular weight excluding hydrogens is 438 g/mol. The van der Waals surface area contributed by atoms with Gasteiger partial charge in [0.25, 0.3) is 5.91 Å². The maximum Gasteiger partial charge on any atom is 0.250 e. The summed E-state index contributed by atoms with van der Waals surface area (Å²) in [5.41, 5.74) is 4.97. The average molecular weight is 460 g/mol. The van der Waals surface area contributed by atoms with Crippen LogP contribution in [0.2, 0.25) is 0 Å². The van der Waals surface area contributed by atoms with E-state index in [0.717, 1.165) is 22.6 Å². The third kappa shape index (κ3) is 5.80. The van der Waals surface area contributed by atoms with Crippen LogP contribution in [0, 0.1) is 0 Å². The summed E-state index contributed by atoms with van der Waals surface area (Å²) in [4.78, 5) is 20.5. The Morgan fingerprint density at radius 1 is 1.09 bits per heavy atom. The van der Waals surface area contributed by atoms with Crippen LogP contribution in [0.4, 0.5) is 0 Å². The molecule has 0 aliphatic rings. The molecule has 4 rings (SSSR count). The zero-order chi connectivity index (χ0) is 22.9. The number of aromatic nitrogens is 5. The van der Waals surface area contributed by atoms with Crippen LogP contribution in [0.15, 0.2) is 83.6 Å². The summed E-state index contributed by atoms with van der Waals surface area (Å²) in [6.45, 7) is 2.53. The van der Waals surface area contributed by atoms with Crippen LogP contribution < -0.4 is 10.2 Å².